The van der Waals surface area contributed by atoms with Gasteiger partial charge in [-0.05, 0) is 57.7 Å². The summed E-state index contributed by atoms with van der Waals surface area (Å²) in [6, 6.07) is 7.81. The number of hydrogen-bond donors (Lipinski definition) is 1. The Morgan fingerprint density at radius 1 is 1.23 bits per heavy atom. The molecule has 0 saturated carbocycles. The summed E-state index contributed by atoms with van der Waals surface area (Å²) in [5.41, 5.74) is 0.550. The van der Waals surface area contributed by atoms with Crippen molar-refractivity contribution in [1.82, 2.24) is 5.32 Å². The van der Waals surface area contributed by atoms with Crippen LogP contribution < -0.4 is 5.32 Å². The van der Waals surface area contributed by atoms with Gasteiger partial charge < -0.3 is 10.1 Å². The van der Waals surface area contributed by atoms with Gasteiger partial charge in [-0.1, -0.05) is 12.1 Å². The average molecular weight is 321 g/mol. The summed E-state index contributed by atoms with van der Waals surface area (Å²) in [7, 11) is 0. The van der Waals surface area contributed by atoms with Crippen LogP contribution in [0.1, 0.15) is 33.3 Å². The zero-order chi connectivity index (χ0) is 16.8. The van der Waals surface area contributed by atoms with E-state index in [1.807, 2.05) is 51.3 Å². The molecule has 120 valence electrons. The van der Waals surface area contributed by atoms with Crippen molar-refractivity contribution in [3.63, 3.8) is 0 Å². The Hall–Kier alpha value is -1.75. The number of carbonyl (C=O) groups excluding carboxylic acids is 2. The summed E-state index contributed by atoms with van der Waals surface area (Å²) in [4.78, 5) is 24.7. The van der Waals surface area contributed by atoms with Crippen LogP contribution in [0, 0.1) is 0 Å². The summed E-state index contributed by atoms with van der Waals surface area (Å²) >= 11 is 1.66. The molecule has 1 atom stereocenters. The van der Waals surface area contributed by atoms with Gasteiger partial charge in [-0.3, -0.25) is 4.79 Å². The van der Waals surface area contributed by atoms with Gasteiger partial charge in [-0.15, -0.1) is 11.8 Å². The van der Waals surface area contributed by atoms with E-state index in [2.05, 4.69) is 5.32 Å². The summed E-state index contributed by atoms with van der Waals surface area (Å²) in [5, 5.41) is 2.77. The molecule has 1 amide bonds. The van der Waals surface area contributed by atoms with E-state index in [4.69, 9.17) is 4.74 Å². The normalized spacial score (nSPS) is 13.0. The summed E-state index contributed by atoms with van der Waals surface area (Å²) in [6.07, 6.45) is 4.18. The molecule has 0 aliphatic carbocycles. The van der Waals surface area contributed by atoms with E-state index < -0.39 is 12.1 Å². The van der Waals surface area contributed by atoms with Crippen molar-refractivity contribution in [3.8, 4) is 0 Å². The molecule has 0 unspecified atom stereocenters. The third-order valence-electron chi connectivity index (χ3n) is 2.69. The molecule has 0 bridgehead atoms. The lowest BCUT2D eigenvalue weighted by Gasteiger charge is -2.22. The Kier molecular flexibility index (Phi) is 6.68. The van der Waals surface area contributed by atoms with Gasteiger partial charge in [0.05, 0.1) is 0 Å². The number of amides is 1. The van der Waals surface area contributed by atoms with Crippen LogP contribution in [0.25, 0.3) is 6.08 Å². The molecule has 0 fully saturated rings. The van der Waals surface area contributed by atoms with E-state index in [1.165, 1.54) is 6.08 Å². The number of ether oxygens (including phenoxy) is 1. The van der Waals surface area contributed by atoms with E-state index in [1.54, 1.807) is 24.8 Å². The van der Waals surface area contributed by atoms with Crippen LogP contribution in [0.2, 0.25) is 0 Å². The number of hydrogen-bond acceptors (Lipinski definition) is 4. The minimum absolute atomic E-state index is 0.307. The molecule has 0 aromatic heterocycles. The second kappa shape index (κ2) is 8.03. The van der Waals surface area contributed by atoms with Crippen LogP contribution in [-0.4, -0.2) is 29.8 Å². The quantitative estimate of drug-likeness (QED) is 0.514. The van der Waals surface area contributed by atoms with Crippen molar-refractivity contribution in [2.24, 2.45) is 0 Å². The first-order chi connectivity index (χ1) is 10.2. The fourth-order valence-corrected chi connectivity index (χ4v) is 2.03. The highest BCUT2D eigenvalue weighted by atomic mass is 32.2. The van der Waals surface area contributed by atoms with Gasteiger partial charge in [-0.2, -0.15) is 0 Å². The first-order valence-corrected chi connectivity index (χ1v) is 8.28. The minimum Gasteiger partial charge on any atom is -0.449 e. The average Bonchev–Trinajstić information content (AvgIpc) is 2.43. The Morgan fingerprint density at radius 2 is 1.82 bits per heavy atom. The van der Waals surface area contributed by atoms with Crippen molar-refractivity contribution in [2.75, 3.05) is 6.26 Å². The Morgan fingerprint density at radius 3 is 2.32 bits per heavy atom. The Labute approximate surface area is 136 Å². The summed E-state index contributed by atoms with van der Waals surface area (Å²) in [5.74, 6) is -0.843. The molecular weight excluding hydrogens is 298 g/mol. The van der Waals surface area contributed by atoms with Crippen molar-refractivity contribution in [3.05, 3.63) is 35.9 Å². The van der Waals surface area contributed by atoms with Crippen molar-refractivity contribution in [1.29, 1.82) is 0 Å². The predicted octanol–water partition coefficient (Wildman–Crippen LogP) is 3.27. The SMILES string of the molecule is CSc1ccc(/C=C/C(=O)O[C@@H](C)C(=O)NC(C)(C)C)cc1. The third-order valence-corrected chi connectivity index (χ3v) is 3.43. The van der Waals surface area contributed by atoms with Crippen LogP contribution in [0.5, 0.6) is 0 Å². The lowest BCUT2D eigenvalue weighted by molar-refractivity contribution is -0.150. The first-order valence-electron chi connectivity index (χ1n) is 7.06. The lowest BCUT2D eigenvalue weighted by Crippen LogP contribution is -2.46. The second-order valence-electron chi connectivity index (χ2n) is 5.92. The Balaban J connectivity index is 2.54. The number of thioether (sulfide) groups is 1. The fourth-order valence-electron chi connectivity index (χ4n) is 1.62. The standard InChI is InChI=1S/C17H23NO3S/c1-12(16(20)18-17(2,3)4)21-15(19)11-8-13-6-9-14(22-5)10-7-13/h6-12H,1-5H3,(H,18,20)/b11-8+/t12-/m0/s1. The molecule has 1 aromatic rings. The van der Waals surface area contributed by atoms with Gasteiger partial charge >= 0.3 is 5.97 Å². The van der Waals surface area contributed by atoms with Crippen LogP contribution in [0.3, 0.4) is 0 Å². The second-order valence-corrected chi connectivity index (χ2v) is 6.80. The maximum atomic E-state index is 11.8. The Bertz CT molecular complexity index is 544. The molecule has 1 rings (SSSR count). The zero-order valence-corrected chi connectivity index (χ0v) is 14.5. The molecule has 0 heterocycles. The molecule has 22 heavy (non-hydrogen) atoms. The fraction of sp³-hybridized carbons (Fsp3) is 0.412. The maximum absolute atomic E-state index is 11.8. The monoisotopic (exact) mass is 321 g/mol. The maximum Gasteiger partial charge on any atom is 0.331 e. The first kappa shape index (κ1) is 18.3. The highest BCUT2D eigenvalue weighted by Gasteiger charge is 2.21. The molecule has 5 heteroatoms. The van der Waals surface area contributed by atoms with E-state index in [9.17, 15) is 9.59 Å². The van der Waals surface area contributed by atoms with E-state index in [0.717, 1.165) is 10.5 Å². The van der Waals surface area contributed by atoms with E-state index in [-0.39, 0.29) is 11.4 Å². The van der Waals surface area contributed by atoms with E-state index >= 15 is 0 Å². The molecule has 0 radical (unpaired) electrons. The number of esters is 1. The molecule has 4 nitrogen and oxygen atoms in total. The van der Waals surface area contributed by atoms with Crippen molar-refractivity contribution >= 4 is 29.7 Å². The summed E-state index contributed by atoms with van der Waals surface area (Å²) < 4.78 is 5.08. The van der Waals surface area contributed by atoms with Gasteiger partial charge in [0.15, 0.2) is 6.10 Å². The number of nitrogens with one attached hydrogen (secondary N) is 1. The number of rotatable bonds is 5. The predicted molar refractivity (Wildman–Crippen MR) is 90.7 cm³/mol. The molecular formula is C17H23NO3S. The van der Waals surface area contributed by atoms with Gasteiger partial charge in [0.1, 0.15) is 0 Å². The topological polar surface area (TPSA) is 55.4 Å². The zero-order valence-electron chi connectivity index (χ0n) is 13.7. The van der Waals surface area contributed by atoms with Crippen LogP contribution in [0.4, 0.5) is 0 Å². The lowest BCUT2D eigenvalue weighted by atomic mass is 10.1. The van der Waals surface area contributed by atoms with Gasteiger partial charge in [-0.25, -0.2) is 4.79 Å². The highest BCUT2D eigenvalue weighted by molar-refractivity contribution is 7.98. The molecule has 0 aliphatic rings. The summed E-state index contributed by atoms with van der Waals surface area (Å²) in [6.45, 7) is 7.17. The van der Waals surface area contributed by atoms with Crippen LogP contribution in [-0.2, 0) is 14.3 Å². The van der Waals surface area contributed by atoms with Crippen LogP contribution >= 0.6 is 11.8 Å². The minimum atomic E-state index is -0.824. The van der Waals surface area contributed by atoms with Crippen LogP contribution in [0.15, 0.2) is 35.2 Å². The van der Waals surface area contributed by atoms with Gasteiger partial charge in [0, 0.05) is 16.5 Å². The van der Waals surface area contributed by atoms with Gasteiger partial charge in [0.25, 0.3) is 5.91 Å². The molecule has 0 saturated heterocycles. The molecule has 0 aliphatic heterocycles. The molecule has 0 spiro atoms. The smallest absolute Gasteiger partial charge is 0.331 e. The molecule has 1 aromatic carbocycles. The number of carbonyl (C=O) groups is 2. The van der Waals surface area contributed by atoms with Crippen molar-refractivity contribution < 1.29 is 14.3 Å². The largest absolute Gasteiger partial charge is 0.449 e. The molecule has 1 N–H and O–H groups in total. The van der Waals surface area contributed by atoms with Gasteiger partial charge in [0.2, 0.25) is 0 Å². The third kappa shape index (κ3) is 6.80. The highest BCUT2D eigenvalue weighted by Crippen LogP contribution is 2.15. The van der Waals surface area contributed by atoms with E-state index in [0.29, 0.717) is 0 Å². The number of benzene rings is 1. The van der Waals surface area contributed by atoms with Crippen molar-refractivity contribution in [2.45, 2.75) is 44.2 Å².